The van der Waals surface area contributed by atoms with Gasteiger partial charge in [0, 0.05) is 10.6 Å². The predicted octanol–water partition coefficient (Wildman–Crippen LogP) is 1.04. The molecule has 0 aliphatic carbocycles. The molecule has 0 aliphatic heterocycles. The van der Waals surface area contributed by atoms with Crippen LogP contribution in [0.2, 0.25) is 0 Å². The molecule has 0 atom stereocenters. The minimum absolute atomic E-state index is 0.248. The predicted molar refractivity (Wildman–Crippen MR) is 58.8 cm³/mol. The molecule has 3 N–H and O–H groups in total. The zero-order valence-corrected chi connectivity index (χ0v) is 9.88. The number of hydrogen-bond acceptors (Lipinski definition) is 4. The van der Waals surface area contributed by atoms with Crippen molar-refractivity contribution in [1.82, 2.24) is 4.72 Å². The standard InChI is InChI=1S/C8H11FN2O2S2/c1-11-15(12,13)8-4-6(10)7(14-2)3-5(8)9/h3-4,11H,10H2,1-2H3. The van der Waals surface area contributed by atoms with E-state index in [4.69, 9.17) is 5.73 Å². The fraction of sp³-hybridized carbons (Fsp3) is 0.250. The van der Waals surface area contributed by atoms with E-state index in [1.165, 1.54) is 18.8 Å². The summed E-state index contributed by atoms with van der Waals surface area (Å²) in [6.45, 7) is 0. The fourth-order valence-corrected chi connectivity index (χ4v) is 2.38. The first-order valence-corrected chi connectivity index (χ1v) is 6.69. The third kappa shape index (κ3) is 2.42. The van der Waals surface area contributed by atoms with Crippen molar-refractivity contribution in [3.05, 3.63) is 17.9 Å². The first kappa shape index (κ1) is 12.3. The second-order valence-electron chi connectivity index (χ2n) is 2.73. The molecule has 0 unspecified atom stereocenters. The van der Waals surface area contributed by atoms with Crippen molar-refractivity contribution in [2.75, 3.05) is 19.0 Å². The molecule has 84 valence electrons. The van der Waals surface area contributed by atoms with Gasteiger partial charge in [-0.05, 0) is 25.4 Å². The molecule has 0 aliphatic rings. The number of nitrogen functional groups attached to an aromatic ring is 1. The Kier molecular flexibility index (Phi) is 3.58. The largest absolute Gasteiger partial charge is 0.398 e. The second kappa shape index (κ2) is 4.38. The molecule has 4 nitrogen and oxygen atoms in total. The van der Waals surface area contributed by atoms with Crippen LogP contribution in [0.15, 0.2) is 21.9 Å². The summed E-state index contributed by atoms with van der Waals surface area (Å²) >= 11 is 1.26. The Morgan fingerprint density at radius 3 is 2.53 bits per heavy atom. The van der Waals surface area contributed by atoms with Crippen LogP contribution in [0.4, 0.5) is 10.1 Å². The Bertz CT molecular complexity index is 474. The summed E-state index contributed by atoms with van der Waals surface area (Å²) in [5, 5.41) is 0. The van der Waals surface area contributed by atoms with E-state index in [9.17, 15) is 12.8 Å². The number of nitrogens with two attached hydrogens (primary N) is 1. The molecule has 1 aromatic rings. The SMILES string of the molecule is CNS(=O)(=O)c1cc(N)c(SC)cc1F. The summed E-state index contributed by atoms with van der Waals surface area (Å²) in [5.41, 5.74) is 5.82. The first-order chi connectivity index (χ1) is 6.92. The van der Waals surface area contributed by atoms with Crippen LogP contribution in [0.5, 0.6) is 0 Å². The van der Waals surface area contributed by atoms with E-state index in [2.05, 4.69) is 0 Å². The number of hydrogen-bond donors (Lipinski definition) is 2. The molecular weight excluding hydrogens is 239 g/mol. The van der Waals surface area contributed by atoms with Crippen LogP contribution in [-0.2, 0) is 10.0 Å². The third-order valence-electron chi connectivity index (χ3n) is 1.84. The molecule has 1 aromatic carbocycles. The molecule has 0 spiro atoms. The van der Waals surface area contributed by atoms with Crippen LogP contribution in [-0.4, -0.2) is 21.7 Å². The maximum Gasteiger partial charge on any atom is 0.243 e. The molecule has 0 radical (unpaired) electrons. The monoisotopic (exact) mass is 250 g/mol. The van der Waals surface area contributed by atoms with Crippen LogP contribution in [0.25, 0.3) is 0 Å². The number of sulfonamides is 1. The molecular formula is C8H11FN2O2S2. The lowest BCUT2D eigenvalue weighted by molar-refractivity contribution is 0.560. The van der Waals surface area contributed by atoms with Crippen molar-refractivity contribution >= 4 is 27.5 Å². The Hall–Kier alpha value is -0.790. The lowest BCUT2D eigenvalue weighted by Crippen LogP contribution is -2.20. The fourth-order valence-electron chi connectivity index (χ4n) is 1.04. The van der Waals surface area contributed by atoms with Crippen LogP contribution in [0.3, 0.4) is 0 Å². The summed E-state index contributed by atoms with van der Waals surface area (Å²) in [5.74, 6) is -0.803. The van der Waals surface area contributed by atoms with Crippen LogP contribution < -0.4 is 10.5 Å². The maximum absolute atomic E-state index is 13.4. The number of benzene rings is 1. The summed E-state index contributed by atoms with van der Waals surface area (Å²) in [6.07, 6.45) is 1.73. The third-order valence-corrected chi connectivity index (χ3v) is 4.07. The zero-order chi connectivity index (χ0) is 11.6. The van der Waals surface area contributed by atoms with Gasteiger partial charge in [-0.25, -0.2) is 17.5 Å². The summed E-state index contributed by atoms with van der Waals surface area (Å²) in [6, 6.07) is 2.23. The minimum atomic E-state index is -3.79. The van der Waals surface area contributed by atoms with Crippen molar-refractivity contribution < 1.29 is 12.8 Å². The molecule has 0 saturated heterocycles. The highest BCUT2D eigenvalue weighted by atomic mass is 32.2. The molecule has 15 heavy (non-hydrogen) atoms. The van der Waals surface area contributed by atoms with E-state index in [0.717, 1.165) is 12.1 Å². The lowest BCUT2D eigenvalue weighted by atomic mass is 10.3. The normalized spacial score (nSPS) is 11.7. The van der Waals surface area contributed by atoms with Gasteiger partial charge in [0.15, 0.2) is 0 Å². The van der Waals surface area contributed by atoms with E-state index in [1.54, 1.807) is 6.26 Å². The quantitative estimate of drug-likeness (QED) is 0.621. The number of nitrogens with one attached hydrogen (secondary N) is 1. The molecule has 0 bridgehead atoms. The minimum Gasteiger partial charge on any atom is -0.398 e. The molecule has 0 fully saturated rings. The van der Waals surface area contributed by atoms with Crippen LogP contribution in [0.1, 0.15) is 0 Å². The van der Waals surface area contributed by atoms with Crippen LogP contribution >= 0.6 is 11.8 Å². The van der Waals surface area contributed by atoms with E-state index in [-0.39, 0.29) is 5.69 Å². The molecule has 0 heterocycles. The van der Waals surface area contributed by atoms with Crippen molar-refractivity contribution in [2.24, 2.45) is 0 Å². The zero-order valence-electron chi connectivity index (χ0n) is 8.24. The first-order valence-electron chi connectivity index (χ1n) is 3.99. The highest BCUT2D eigenvalue weighted by Crippen LogP contribution is 2.27. The van der Waals surface area contributed by atoms with Gasteiger partial charge < -0.3 is 5.73 Å². The van der Waals surface area contributed by atoms with E-state index in [0.29, 0.717) is 4.90 Å². The summed E-state index contributed by atoms with van der Waals surface area (Å²) in [7, 11) is -2.57. The maximum atomic E-state index is 13.4. The Morgan fingerprint density at radius 1 is 1.47 bits per heavy atom. The Morgan fingerprint density at radius 2 is 2.07 bits per heavy atom. The highest BCUT2D eigenvalue weighted by molar-refractivity contribution is 7.98. The molecule has 7 heteroatoms. The Balaban J connectivity index is 3.41. The van der Waals surface area contributed by atoms with E-state index >= 15 is 0 Å². The molecule has 0 amide bonds. The van der Waals surface area contributed by atoms with Gasteiger partial charge in [-0.3, -0.25) is 0 Å². The van der Waals surface area contributed by atoms with Gasteiger partial charge in [0.2, 0.25) is 10.0 Å². The molecule has 1 rings (SSSR count). The van der Waals surface area contributed by atoms with E-state index in [1.807, 2.05) is 4.72 Å². The lowest BCUT2D eigenvalue weighted by Gasteiger charge is -2.08. The topological polar surface area (TPSA) is 72.2 Å². The van der Waals surface area contributed by atoms with Crippen LogP contribution in [0, 0.1) is 5.82 Å². The number of halogens is 1. The van der Waals surface area contributed by atoms with Crippen molar-refractivity contribution in [2.45, 2.75) is 9.79 Å². The van der Waals surface area contributed by atoms with Crippen molar-refractivity contribution in [3.63, 3.8) is 0 Å². The molecule has 0 saturated carbocycles. The van der Waals surface area contributed by atoms with Crippen molar-refractivity contribution in [3.8, 4) is 0 Å². The average Bonchev–Trinajstić information content (AvgIpc) is 2.20. The van der Waals surface area contributed by atoms with Crippen molar-refractivity contribution in [1.29, 1.82) is 0 Å². The van der Waals surface area contributed by atoms with E-state index < -0.39 is 20.7 Å². The smallest absolute Gasteiger partial charge is 0.243 e. The number of thioether (sulfide) groups is 1. The Labute approximate surface area is 92.1 Å². The van der Waals surface area contributed by atoms with Gasteiger partial charge in [0.1, 0.15) is 10.7 Å². The van der Waals surface area contributed by atoms with Gasteiger partial charge in [0.05, 0.1) is 0 Å². The molecule has 0 aromatic heterocycles. The number of rotatable bonds is 3. The van der Waals surface area contributed by atoms with Gasteiger partial charge in [-0.2, -0.15) is 0 Å². The summed E-state index contributed by atoms with van der Waals surface area (Å²) < 4.78 is 38.2. The highest BCUT2D eigenvalue weighted by Gasteiger charge is 2.18. The number of anilines is 1. The summed E-state index contributed by atoms with van der Waals surface area (Å²) in [4.78, 5) is 0.0860. The average molecular weight is 250 g/mol. The van der Waals surface area contributed by atoms with Gasteiger partial charge in [0.25, 0.3) is 0 Å². The van der Waals surface area contributed by atoms with Gasteiger partial charge in [-0.15, -0.1) is 11.8 Å². The van der Waals surface area contributed by atoms with Gasteiger partial charge >= 0.3 is 0 Å². The van der Waals surface area contributed by atoms with Gasteiger partial charge in [-0.1, -0.05) is 0 Å². The second-order valence-corrected chi connectivity index (χ2v) is 5.44.